The van der Waals surface area contributed by atoms with Crippen molar-refractivity contribution < 1.29 is 13.2 Å². The van der Waals surface area contributed by atoms with Crippen LogP contribution >= 0.6 is 10.7 Å². The van der Waals surface area contributed by atoms with Gasteiger partial charge >= 0.3 is 0 Å². The highest BCUT2D eigenvalue weighted by Gasteiger charge is 2.29. The first-order valence-electron chi connectivity index (χ1n) is 7.04. The summed E-state index contributed by atoms with van der Waals surface area (Å²) in [6, 6.07) is 4.43. The van der Waals surface area contributed by atoms with Gasteiger partial charge < -0.3 is 4.90 Å². The SMILES string of the molecule is Cc1ccc(S(=O)(=O)Cl)cc1C(=O)N1CCC(C(C)C)C1. The van der Waals surface area contributed by atoms with Gasteiger partial charge in [0.25, 0.3) is 15.0 Å². The summed E-state index contributed by atoms with van der Waals surface area (Å²) in [6.07, 6.45) is 0.996. The minimum absolute atomic E-state index is 0.0299. The van der Waals surface area contributed by atoms with Gasteiger partial charge in [-0.2, -0.15) is 0 Å². The highest BCUT2D eigenvalue weighted by molar-refractivity contribution is 8.13. The first kappa shape index (κ1) is 16.3. The van der Waals surface area contributed by atoms with E-state index in [1.807, 2.05) is 0 Å². The zero-order valence-corrected chi connectivity index (χ0v) is 14.0. The van der Waals surface area contributed by atoms with E-state index in [2.05, 4.69) is 13.8 Å². The lowest BCUT2D eigenvalue weighted by atomic mass is 9.95. The van der Waals surface area contributed by atoms with Gasteiger partial charge in [-0.05, 0) is 42.9 Å². The van der Waals surface area contributed by atoms with Gasteiger partial charge in [0.2, 0.25) is 0 Å². The molecule has 1 saturated heterocycles. The summed E-state index contributed by atoms with van der Waals surface area (Å²) in [4.78, 5) is 14.4. The second kappa shape index (κ2) is 5.97. The van der Waals surface area contributed by atoms with E-state index in [0.29, 0.717) is 17.4 Å². The van der Waals surface area contributed by atoms with Gasteiger partial charge in [-0.15, -0.1) is 0 Å². The number of halogens is 1. The molecule has 0 spiro atoms. The molecule has 0 aliphatic carbocycles. The summed E-state index contributed by atoms with van der Waals surface area (Å²) in [5.74, 6) is 0.936. The largest absolute Gasteiger partial charge is 0.338 e. The number of rotatable bonds is 3. The smallest absolute Gasteiger partial charge is 0.261 e. The van der Waals surface area contributed by atoms with Crippen LogP contribution in [0.4, 0.5) is 0 Å². The van der Waals surface area contributed by atoms with Crippen molar-refractivity contribution in [2.75, 3.05) is 13.1 Å². The molecular formula is C15H20ClNO3S. The van der Waals surface area contributed by atoms with Crippen molar-refractivity contribution in [3.05, 3.63) is 29.3 Å². The Balaban J connectivity index is 2.28. The van der Waals surface area contributed by atoms with E-state index in [9.17, 15) is 13.2 Å². The Labute approximate surface area is 130 Å². The van der Waals surface area contributed by atoms with Crippen molar-refractivity contribution in [3.8, 4) is 0 Å². The van der Waals surface area contributed by atoms with E-state index < -0.39 is 9.05 Å². The van der Waals surface area contributed by atoms with Crippen LogP contribution in [0.5, 0.6) is 0 Å². The molecule has 1 aromatic carbocycles. The molecule has 1 amide bonds. The van der Waals surface area contributed by atoms with Crippen molar-refractivity contribution in [3.63, 3.8) is 0 Å². The predicted molar refractivity (Wildman–Crippen MR) is 83.1 cm³/mol. The Morgan fingerprint density at radius 2 is 2.05 bits per heavy atom. The average Bonchev–Trinajstić information content (AvgIpc) is 2.86. The first-order chi connectivity index (χ1) is 9.70. The number of likely N-dealkylation sites (tertiary alicyclic amines) is 1. The maximum Gasteiger partial charge on any atom is 0.261 e. The number of nitrogens with zero attached hydrogens (tertiary/aromatic N) is 1. The Morgan fingerprint density at radius 1 is 1.38 bits per heavy atom. The summed E-state index contributed by atoms with van der Waals surface area (Å²) in [7, 11) is 1.54. The highest BCUT2D eigenvalue weighted by Crippen LogP contribution is 2.26. The summed E-state index contributed by atoms with van der Waals surface area (Å²) in [5, 5.41) is 0. The van der Waals surface area contributed by atoms with Crippen molar-refractivity contribution in [1.29, 1.82) is 0 Å². The van der Waals surface area contributed by atoms with Gasteiger partial charge in [-0.3, -0.25) is 4.79 Å². The van der Waals surface area contributed by atoms with Crippen LogP contribution in [0.25, 0.3) is 0 Å². The third-order valence-electron chi connectivity index (χ3n) is 4.18. The van der Waals surface area contributed by atoms with Crippen LogP contribution < -0.4 is 0 Å². The van der Waals surface area contributed by atoms with E-state index in [-0.39, 0.29) is 10.8 Å². The molecule has 1 heterocycles. The average molecular weight is 330 g/mol. The number of amides is 1. The lowest BCUT2D eigenvalue weighted by Gasteiger charge is -2.19. The molecular weight excluding hydrogens is 310 g/mol. The molecule has 4 nitrogen and oxygen atoms in total. The number of hydrogen-bond acceptors (Lipinski definition) is 3. The van der Waals surface area contributed by atoms with Crippen LogP contribution in [0, 0.1) is 18.8 Å². The van der Waals surface area contributed by atoms with Gasteiger partial charge in [-0.25, -0.2) is 8.42 Å². The minimum Gasteiger partial charge on any atom is -0.338 e. The molecule has 21 heavy (non-hydrogen) atoms. The molecule has 0 bridgehead atoms. The quantitative estimate of drug-likeness (QED) is 0.801. The summed E-state index contributed by atoms with van der Waals surface area (Å²) in [6.45, 7) is 7.57. The molecule has 0 radical (unpaired) electrons. The molecule has 1 aromatic rings. The Morgan fingerprint density at radius 3 is 2.57 bits per heavy atom. The zero-order chi connectivity index (χ0) is 15.8. The summed E-state index contributed by atoms with van der Waals surface area (Å²) < 4.78 is 22.8. The van der Waals surface area contributed by atoms with E-state index in [1.54, 1.807) is 17.9 Å². The molecule has 1 aliphatic rings. The van der Waals surface area contributed by atoms with Crippen LogP contribution in [-0.4, -0.2) is 32.3 Å². The fourth-order valence-electron chi connectivity index (χ4n) is 2.67. The molecule has 0 aromatic heterocycles. The van der Waals surface area contributed by atoms with Gasteiger partial charge in [-0.1, -0.05) is 19.9 Å². The van der Waals surface area contributed by atoms with Crippen molar-refractivity contribution in [2.45, 2.75) is 32.1 Å². The summed E-state index contributed by atoms with van der Waals surface area (Å²) in [5.41, 5.74) is 1.18. The molecule has 0 saturated carbocycles. The molecule has 6 heteroatoms. The molecule has 0 N–H and O–H groups in total. The van der Waals surface area contributed by atoms with E-state index in [4.69, 9.17) is 10.7 Å². The van der Waals surface area contributed by atoms with Gasteiger partial charge in [0.1, 0.15) is 0 Å². The normalized spacial score (nSPS) is 19.3. The van der Waals surface area contributed by atoms with Gasteiger partial charge in [0, 0.05) is 29.3 Å². The monoisotopic (exact) mass is 329 g/mol. The molecule has 1 unspecified atom stereocenters. The third-order valence-corrected chi connectivity index (χ3v) is 5.53. The molecule has 1 fully saturated rings. The topological polar surface area (TPSA) is 54.5 Å². The second-order valence-corrected chi connectivity index (χ2v) is 8.52. The molecule has 2 rings (SSSR count). The number of aryl methyl sites for hydroxylation is 1. The molecule has 116 valence electrons. The fourth-order valence-corrected chi connectivity index (χ4v) is 3.45. The van der Waals surface area contributed by atoms with Crippen LogP contribution in [0.2, 0.25) is 0 Å². The number of hydrogen-bond donors (Lipinski definition) is 0. The summed E-state index contributed by atoms with van der Waals surface area (Å²) >= 11 is 0. The Bertz CT molecular complexity index is 655. The van der Waals surface area contributed by atoms with Crippen molar-refractivity contribution in [2.24, 2.45) is 11.8 Å². The highest BCUT2D eigenvalue weighted by atomic mass is 35.7. The van der Waals surface area contributed by atoms with Crippen LogP contribution in [-0.2, 0) is 9.05 Å². The van der Waals surface area contributed by atoms with Crippen molar-refractivity contribution in [1.82, 2.24) is 4.90 Å². The maximum absolute atomic E-state index is 12.6. The van der Waals surface area contributed by atoms with Gasteiger partial charge in [0.05, 0.1) is 4.90 Å². The number of benzene rings is 1. The van der Waals surface area contributed by atoms with Crippen LogP contribution in [0.15, 0.2) is 23.1 Å². The Hall–Kier alpha value is -1.07. The lowest BCUT2D eigenvalue weighted by Crippen LogP contribution is -2.30. The van der Waals surface area contributed by atoms with Crippen molar-refractivity contribution >= 4 is 25.6 Å². The molecule has 1 atom stereocenters. The molecule has 1 aliphatic heterocycles. The Kier molecular flexibility index (Phi) is 4.63. The maximum atomic E-state index is 12.6. The van der Waals surface area contributed by atoms with Crippen LogP contribution in [0.1, 0.15) is 36.2 Å². The minimum atomic E-state index is -3.82. The number of carbonyl (C=O) groups is 1. The predicted octanol–water partition coefficient (Wildman–Crippen LogP) is 3.04. The zero-order valence-electron chi connectivity index (χ0n) is 12.5. The fraction of sp³-hybridized carbons (Fsp3) is 0.533. The lowest BCUT2D eigenvalue weighted by molar-refractivity contribution is 0.0783. The van der Waals surface area contributed by atoms with Crippen LogP contribution in [0.3, 0.4) is 0 Å². The standard InChI is InChI=1S/C15H20ClNO3S/c1-10(2)12-6-7-17(9-12)15(18)14-8-13(21(16,19)20)5-4-11(14)3/h4-5,8,10,12H,6-7,9H2,1-3H3. The van der Waals surface area contributed by atoms with Gasteiger partial charge in [0.15, 0.2) is 0 Å². The first-order valence-corrected chi connectivity index (χ1v) is 9.35. The second-order valence-electron chi connectivity index (χ2n) is 5.96. The van der Waals surface area contributed by atoms with E-state index in [1.165, 1.54) is 12.1 Å². The third kappa shape index (κ3) is 3.58. The van der Waals surface area contributed by atoms with E-state index >= 15 is 0 Å². The number of carbonyl (C=O) groups excluding carboxylic acids is 1. The van der Waals surface area contributed by atoms with E-state index in [0.717, 1.165) is 25.1 Å².